The first-order chi connectivity index (χ1) is 15.0. The molecule has 2 aliphatic rings. The normalized spacial score (nSPS) is 16.2. The van der Waals surface area contributed by atoms with Crippen molar-refractivity contribution in [2.45, 2.75) is 19.9 Å². The lowest BCUT2D eigenvalue weighted by molar-refractivity contribution is -0.136. The molecule has 0 spiro atoms. The minimum absolute atomic E-state index is 0.167. The fourth-order valence-corrected chi connectivity index (χ4v) is 3.61. The Hall–Kier alpha value is -3.56. The maximum atomic E-state index is 13.0. The lowest BCUT2D eigenvalue weighted by Gasteiger charge is -2.35. The Morgan fingerprint density at radius 3 is 2.52 bits per heavy atom. The van der Waals surface area contributed by atoms with Crippen molar-refractivity contribution >= 4 is 12.0 Å². The molecule has 3 heterocycles. The minimum atomic E-state index is -0.782. The molecular formula is C21H24N4O6. The van der Waals surface area contributed by atoms with E-state index in [9.17, 15) is 14.4 Å². The summed E-state index contributed by atoms with van der Waals surface area (Å²) >= 11 is 0. The van der Waals surface area contributed by atoms with E-state index < -0.39 is 6.04 Å². The van der Waals surface area contributed by atoms with Crippen molar-refractivity contribution in [3.05, 3.63) is 40.7 Å². The summed E-state index contributed by atoms with van der Waals surface area (Å²) in [7, 11) is 0. The highest BCUT2D eigenvalue weighted by molar-refractivity contribution is 5.80. The second kappa shape index (κ2) is 8.66. The van der Waals surface area contributed by atoms with Crippen LogP contribution in [0.3, 0.4) is 0 Å². The first-order valence-corrected chi connectivity index (χ1v) is 10.2. The Morgan fingerprint density at radius 2 is 1.77 bits per heavy atom. The van der Waals surface area contributed by atoms with Gasteiger partial charge in [-0.3, -0.25) is 9.59 Å². The van der Waals surface area contributed by atoms with Gasteiger partial charge < -0.3 is 24.0 Å². The van der Waals surface area contributed by atoms with E-state index in [2.05, 4.69) is 5.10 Å². The number of rotatable bonds is 4. The highest BCUT2D eigenvalue weighted by Gasteiger charge is 2.29. The van der Waals surface area contributed by atoms with Crippen molar-refractivity contribution in [2.75, 3.05) is 39.6 Å². The Labute approximate surface area is 178 Å². The summed E-state index contributed by atoms with van der Waals surface area (Å²) in [5.41, 5.74) is 0.931. The van der Waals surface area contributed by atoms with Crippen molar-refractivity contribution in [3.63, 3.8) is 0 Å². The maximum absolute atomic E-state index is 13.0. The van der Waals surface area contributed by atoms with Crippen LogP contribution in [0.1, 0.15) is 19.9 Å². The zero-order chi connectivity index (χ0) is 22.0. The number of fused-ring (bicyclic) bond motifs is 1. The van der Waals surface area contributed by atoms with Crippen molar-refractivity contribution in [3.8, 4) is 22.8 Å². The molecule has 2 aliphatic heterocycles. The summed E-state index contributed by atoms with van der Waals surface area (Å²) in [4.78, 5) is 40.5. The standard InChI is InChI=1S/C21H24N4O6/c1-3-29-21(28)24-10-8-23(9-11-24)20(27)14(2)25-19(26)7-5-16(22-25)15-4-6-17-18(12-15)31-13-30-17/h4-7,12,14H,3,8-11,13H2,1-2H3. The van der Waals surface area contributed by atoms with E-state index in [0.29, 0.717) is 50.0 Å². The topological polar surface area (TPSA) is 103 Å². The Kier molecular flexibility index (Phi) is 5.79. The molecule has 0 aliphatic carbocycles. The summed E-state index contributed by atoms with van der Waals surface area (Å²) in [6, 6.07) is 7.63. The fraction of sp³-hybridized carbons (Fsp3) is 0.429. The van der Waals surface area contributed by atoms with E-state index in [1.807, 2.05) is 6.07 Å². The van der Waals surface area contributed by atoms with Crippen molar-refractivity contribution in [2.24, 2.45) is 0 Å². The molecule has 2 amide bonds. The van der Waals surface area contributed by atoms with Crippen LogP contribution >= 0.6 is 0 Å². The lowest BCUT2D eigenvalue weighted by atomic mass is 10.1. The molecule has 0 saturated carbocycles. The first kappa shape index (κ1) is 20.7. The van der Waals surface area contributed by atoms with E-state index in [-0.39, 0.29) is 24.4 Å². The molecule has 10 heteroatoms. The lowest BCUT2D eigenvalue weighted by Crippen LogP contribution is -2.52. The third kappa shape index (κ3) is 4.18. The Balaban J connectivity index is 1.49. The van der Waals surface area contributed by atoms with Gasteiger partial charge in [-0.15, -0.1) is 0 Å². The number of hydrogen-bond donors (Lipinski definition) is 0. The highest BCUT2D eigenvalue weighted by Crippen LogP contribution is 2.35. The largest absolute Gasteiger partial charge is 0.454 e. The highest BCUT2D eigenvalue weighted by atomic mass is 16.7. The summed E-state index contributed by atoms with van der Waals surface area (Å²) < 4.78 is 16.9. The quantitative estimate of drug-likeness (QED) is 0.727. The molecule has 1 saturated heterocycles. The van der Waals surface area contributed by atoms with Gasteiger partial charge in [-0.2, -0.15) is 5.10 Å². The Morgan fingerprint density at radius 1 is 1.06 bits per heavy atom. The monoisotopic (exact) mass is 428 g/mol. The second-order valence-corrected chi connectivity index (χ2v) is 7.26. The number of nitrogens with zero attached hydrogens (tertiary/aromatic N) is 4. The molecule has 1 unspecified atom stereocenters. The van der Waals surface area contributed by atoms with E-state index in [4.69, 9.17) is 14.2 Å². The van der Waals surface area contributed by atoms with Crippen LogP contribution in [-0.2, 0) is 9.53 Å². The van der Waals surface area contributed by atoms with Crippen molar-refractivity contribution in [1.82, 2.24) is 19.6 Å². The predicted octanol–water partition coefficient (Wildman–Crippen LogP) is 1.50. The van der Waals surface area contributed by atoms with Crippen LogP contribution in [-0.4, -0.2) is 71.2 Å². The zero-order valence-electron chi connectivity index (χ0n) is 17.4. The van der Waals surface area contributed by atoms with Crippen LogP contribution in [0.2, 0.25) is 0 Å². The molecule has 1 fully saturated rings. The molecule has 10 nitrogen and oxygen atoms in total. The van der Waals surface area contributed by atoms with Crippen molar-refractivity contribution in [1.29, 1.82) is 0 Å². The van der Waals surface area contributed by atoms with Gasteiger partial charge >= 0.3 is 6.09 Å². The molecule has 2 aromatic rings. The number of benzene rings is 1. The van der Waals surface area contributed by atoms with E-state index in [1.54, 1.807) is 41.8 Å². The molecule has 1 atom stereocenters. The Bertz CT molecular complexity index is 1040. The minimum Gasteiger partial charge on any atom is -0.454 e. The molecule has 4 rings (SSSR count). The van der Waals surface area contributed by atoms with E-state index in [0.717, 1.165) is 5.56 Å². The summed E-state index contributed by atoms with van der Waals surface area (Å²) in [6.07, 6.45) is -0.378. The summed E-state index contributed by atoms with van der Waals surface area (Å²) in [6.45, 7) is 5.40. The summed E-state index contributed by atoms with van der Waals surface area (Å²) in [5.74, 6) is 1.05. The number of hydrogen-bond acceptors (Lipinski definition) is 7. The van der Waals surface area contributed by atoms with Crippen LogP contribution < -0.4 is 15.0 Å². The first-order valence-electron chi connectivity index (χ1n) is 10.2. The number of carbonyl (C=O) groups excluding carboxylic acids is 2. The molecule has 0 N–H and O–H groups in total. The van der Waals surface area contributed by atoms with Crippen molar-refractivity contribution < 1.29 is 23.8 Å². The maximum Gasteiger partial charge on any atom is 0.409 e. The molecule has 0 radical (unpaired) electrons. The predicted molar refractivity (Wildman–Crippen MR) is 110 cm³/mol. The van der Waals surface area contributed by atoms with Crippen LogP contribution in [0.25, 0.3) is 11.3 Å². The van der Waals surface area contributed by atoms with E-state index >= 15 is 0 Å². The number of amides is 2. The number of ether oxygens (including phenoxy) is 3. The molecular weight excluding hydrogens is 404 g/mol. The number of piperazine rings is 1. The van der Waals surface area contributed by atoms with Gasteiger partial charge in [0.05, 0.1) is 12.3 Å². The van der Waals surface area contributed by atoms with Gasteiger partial charge in [0.15, 0.2) is 11.5 Å². The van der Waals surface area contributed by atoms with Gasteiger partial charge in [0, 0.05) is 37.8 Å². The van der Waals surface area contributed by atoms with Gasteiger partial charge in [-0.25, -0.2) is 9.48 Å². The average molecular weight is 428 g/mol. The van der Waals surface area contributed by atoms with Crippen LogP contribution in [0.5, 0.6) is 11.5 Å². The van der Waals surface area contributed by atoms with Gasteiger partial charge in [0.2, 0.25) is 12.7 Å². The summed E-state index contributed by atoms with van der Waals surface area (Å²) in [5, 5.41) is 4.43. The second-order valence-electron chi connectivity index (χ2n) is 7.26. The van der Waals surface area contributed by atoms with Crippen LogP contribution in [0, 0.1) is 0 Å². The average Bonchev–Trinajstić information content (AvgIpc) is 3.26. The number of carbonyl (C=O) groups is 2. The molecule has 1 aromatic carbocycles. The molecule has 164 valence electrons. The van der Waals surface area contributed by atoms with Crippen LogP contribution in [0.15, 0.2) is 35.1 Å². The van der Waals surface area contributed by atoms with Gasteiger partial charge in [-0.05, 0) is 38.1 Å². The third-order valence-electron chi connectivity index (χ3n) is 5.33. The van der Waals surface area contributed by atoms with Crippen LogP contribution in [0.4, 0.5) is 4.79 Å². The van der Waals surface area contributed by atoms with Gasteiger partial charge in [0.25, 0.3) is 5.56 Å². The smallest absolute Gasteiger partial charge is 0.409 e. The number of aromatic nitrogens is 2. The molecule has 1 aromatic heterocycles. The van der Waals surface area contributed by atoms with E-state index in [1.165, 1.54) is 10.7 Å². The SMILES string of the molecule is CCOC(=O)N1CCN(C(=O)C(C)n2nc(-c3ccc4c(c3)OCO4)ccc2=O)CC1. The third-order valence-corrected chi connectivity index (χ3v) is 5.33. The molecule has 0 bridgehead atoms. The molecule has 31 heavy (non-hydrogen) atoms. The zero-order valence-corrected chi connectivity index (χ0v) is 17.4. The van der Waals surface area contributed by atoms with Gasteiger partial charge in [0.1, 0.15) is 6.04 Å². The van der Waals surface area contributed by atoms with Gasteiger partial charge in [-0.1, -0.05) is 0 Å². The fourth-order valence-electron chi connectivity index (χ4n) is 3.61.